The zero-order valence-corrected chi connectivity index (χ0v) is 13.3. The number of rotatable bonds is 9. The highest BCUT2D eigenvalue weighted by Crippen LogP contribution is 2.20. The molecule has 0 aromatic rings. The molecule has 2 unspecified atom stereocenters. The standard InChI is InChI=1S/C16H29NO4/c1-12(2)13(6-7-16(19)20)8-9-17-15(18)11-14-5-3-4-10-21-14/h12-14H,3-11H2,1-2H3,(H,17,18)(H,19,20). The average Bonchev–Trinajstić information content (AvgIpc) is 2.43. The first kappa shape index (κ1) is 18.0. The summed E-state index contributed by atoms with van der Waals surface area (Å²) in [6, 6.07) is 0. The lowest BCUT2D eigenvalue weighted by Gasteiger charge is -2.23. The van der Waals surface area contributed by atoms with Crippen LogP contribution in [0.15, 0.2) is 0 Å². The molecule has 1 rings (SSSR count). The van der Waals surface area contributed by atoms with Crippen molar-refractivity contribution in [3.8, 4) is 0 Å². The summed E-state index contributed by atoms with van der Waals surface area (Å²) < 4.78 is 5.55. The molecular formula is C16H29NO4. The van der Waals surface area contributed by atoms with Gasteiger partial charge in [-0.2, -0.15) is 0 Å². The zero-order chi connectivity index (χ0) is 15.7. The van der Waals surface area contributed by atoms with E-state index in [1.807, 2.05) is 0 Å². The Morgan fingerprint density at radius 2 is 2.05 bits per heavy atom. The lowest BCUT2D eigenvalue weighted by molar-refractivity contribution is -0.137. The van der Waals surface area contributed by atoms with Crippen molar-refractivity contribution < 1.29 is 19.4 Å². The van der Waals surface area contributed by atoms with Crippen LogP contribution in [-0.4, -0.2) is 36.2 Å². The van der Waals surface area contributed by atoms with Crippen molar-refractivity contribution in [2.75, 3.05) is 13.2 Å². The summed E-state index contributed by atoms with van der Waals surface area (Å²) in [6.07, 6.45) is 5.44. The van der Waals surface area contributed by atoms with Crippen LogP contribution in [0.3, 0.4) is 0 Å². The molecule has 122 valence electrons. The number of carboxylic acids is 1. The average molecular weight is 299 g/mol. The van der Waals surface area contributed by atoms with Crippen LogP contribution in [0, 0.1) is 11.8 Å². The Balaban J connectivity index is 2.19. The van der Waals surface area contributed by atoms with Crippen molar-refractivity contribution in [3.63, 3.8) is 0 Å². The van der Waals surface area contributed by atoms with Crippen LogP contribution in [0.1, 0.15) is 58.8 Å². The highest BCUT2D eigenvalue weighted by atomic mass is 16.5. The number of carbonyl (C=O) groups is 2. The minimum atomic E-state index is -0.751. The van der Waals surface area contributed by atoms with Gasteiger partial charge in [0.15, 0.2) is 0 Å². The second kappa shape index (κ2) is 9.77. The Bertz CT molecular complexity index is 324. The number of ether oxygens (including phenoxy) is 1. The fraction of sp³-hybridized carbons (Fsp3) is 0.875. The summed E-state index contributed by atoms with van der Waals surface area (Å²) in [6.45, 7) is 5.59. The molecule has 0 bridgehead atoms. The van der Waals surface area contributed by atoms with Crippen molar-refractivity contribution in [2.24, 2.45) is 11.8 Å². The van der Waals surface area contributed by atoms with Crippen molar-refractivity contribution >= 4 is 11.9 Å². The van der Waals surface area contributed by atoms with Crippen LogP contribution in [0.4, 0.5) is 0 Å². The quantitative estimate of drug-likeness (QED) is 0.686. The smallest absolute Gasteiger partial charge is 0.303 e. The lowest BCUT2D eigenvalue weighted by Crippen LogP contribution is -2.32. The van der Waals surface area contributed by atoms with Crippen molar-refractivity contribution in [1.29, 1.82) is 0 Å². The maximum absolute atomic E-state index is 11.8. The minimum absolute atomic E-state index is 0.0441. The molecular weight excluding hydrogens is 270 g/mol. The first-order chi connectivity index (χ1) is 9.99. The van der Waals surface area contributed by atoms with Gasteiger partial charge in [-0.25, -0.2) is 0 Å². The van der Waals surface area contributed by atoms with Gasteiger partial charge in [-0.1, -0.05) is 13.8 Å². The van der Waals surface area contributed by atoms with E-state index >= 15 is 0 Å². The zero-order valence-electron chi connectivity index (χ0n) is 13.3. The fourth-order valence-corrected chi connectivity index (χ4v) is 2.76. The van der Waals surface area contributed by atoms with E-state index in [0.29, 0.717) is 31.2 Å². The third-order valence-electron chi connectivity index (χ3n) is 4.20. The Labute approximate surface area is 127 Å². The van der Waals surface area contributed by atoms with Gasteiger partial charge in [0.25, 0.3) is 0 Å². The minimum Gasteiger partial charge on any atom is -0.481 e. The summed E-state index contributed by atoms with van der Waals surface area (Å²) in [5, 5.41) is 11.7. The number of hydrogen-bond donors (Lipinski definition) is 2. The first-order valence-corrected chi connectivity index (χ1v) is 8.09. The van der Waals surface area contributed by atoms with Gasteiger partial charge in [0.2, 0.25) is 5.91 Å². The molecule has 1 saturated heterocycles. The SMILES string of the molecule is CC(C)C(CCNC(=O)CC1CCCCO1)CCC(=O)O. The second-order valence-electron chi connectivity index (χ2n) is 6.27. The molecule has 1 aliphatic heterocycles. The fourth-order valence-electron chi connectivity index (χ4n) is 2.76. The van der Waals surface area contributed by atoms with Gasteiger partial charge >= 0.3 is 5.97 Å². The van der Waals surface area contributed by atoms with Crippen LogP contribution >= 0.6 is 0 Å². The predicted molar refractivity (Wildman–Crippen MR) is 81.0 cm³/mol. The van der Waals surface area contributed by atoms with Gasteiger partial charge in [-0.3, -0.25) is 9.59 Å². The molecule has 1 fully saturated rings. The summed E-state index contributed by atoms with van der Waals surface area (Å²) in [5.41, 5.74) is 0. The molecule has 1 aliphatic rings. The third-order valence-corrected chi connectivity index (χ3v) is 4.20. The van der Waals surface area contributed by atoms with Crippen LogP contribution in [-0.2, 0) is 14.3 Å². The number of amides is 1. The van der Waals surface area contributed by atoms with E-state index in [2.05, 4.69) is 19.2 Å². The molecule has 0 saturated carbocycles. The molecule has 0 aromatic heterocycles. The Morgan fingerprint density at radius 3 is 2.62 bits per heavy atom. The van der Waals surface area contributed by atoms with Crippen molar-refractivity contribution in [1.82, 2.24) is 5.32 Å². The highest BCUT2D eigenvalue weighted by Gasteiger charge is 2.18. The number of aliphatic carboxylic acids is 1. The largest absolute Gasteiger partial charge is 0.481 e. The normalized spacial score (nSPS) is 20.2. The molecule has 0 radical (unpaired) electrons. The van der Waals surface area contributed by atoms with Gasteiger partial charge in [0.1, 0.15) is 0 Å². The Kier molecular flexibility index (Phi) is 8.35. The number of carbonyl (C=O) groups excluding carboxylic acids is 1. The lowest BCUT2D eigenvalue weighted by atomic mass is 9.88. The van der Waals surface area contributed by atoms with Crippen LogP contribution in [0.5, 0.6) is 0 Å². The van der Waals surface area contributed by atoms with E-state index in [1.165, 1.54) is 0 Å². The van der Waals surface area contributed by atoms with E-state index in [1.54, 1.807) is 0 Å². The highest BCUT2D eigenvalue weighted by molar-refractivity contribution is 5.76. The number of hydrogen-bond acceptors (Lipinski definition) is 3. The molecule has 5 heteroatoms. The van der Waals surface area contributed by atoms with Crippen LogP contribution in [0.2, 0.25) is 0 Å². The predicted octanol–water partition coefficient (Wildman–Crippen LogP) is 2.59. The molecule has 2 atom stereocenters. The summed E-state index contributed by atoms with van der Waals surface area (Å²) >= 11 is 0. The maximum Gasteiger partial charge on any atom is 0.303 e. The van der Waals surface area contributed by atoms with E-state index in [-0.39, 0.29) is 18.4 Å². The molecule has 5 nitrogen and oxygen atoms in total. The molecule has 0 aliphatic carbocycles. The first-order valence-electron chi connectivity index (χ1n) is 8.09. The van der Waals surface area contributed by atoms with Crippen molar-refractivity contribution in [3.05, 3.63) is 0 Å². The van der Waals surface area contributed by atoms with E-state index in [9.17, 15) is 9.59 Å². The number of nitrogens with one attached hydrogen (secondary N) is 1. The monoisotopic (exact) mass is 299 g/mol. The summed E-state index contributed by atoms with van der Waals surface area (Å²) in [5.74, 6) is 0.0667. The van der Waals surface area contributed by atoms with E-state index in [4.69, 9.17) is 9.84 Å². The maximum atomic E-state index is 11.8. The molecule has 1 heterocycles. The summed E-state index contributed by atoms with van der Waals surface area (Å²) in [4.78, 5) is 22.5. The van der Waals surface area contributed by atoms with Gasteiger partial charge < -0.3 is 15.2 Å². The molecule has 2 N–H and O–H groups in total. The van der Waals surface area contributed by atoms with Crippen LogP contribution in [0.25, 0.3) is 0 Å². The van der Waals surface area contributed by atoms with E-state index in [0.717, 1.165) is 32.3 Å². The topological polar surface area (TPSA) is 75.6 Å². The second-order valence-corrected chi connectivity index (χ2v) is 6.27. The Hall–Kier alpha value is -1.10. The van der Waals surface area contributed by atoms with Gasteiger partial charge in [-0.15, -0.1) is 0 Å². The number of carboxylic acid groups (broad SMARTS) is 1. The molecule has 1 amide bonds. The van der Waals surface area contributed by atoms with Gasteiger partial charge in [0.05, 0.1) is 12.5 Å². The molecule has 21 heavy (non-hydrogen) atoms. The Morgan fingerprint density at radius 1 is 1.29 bits per heavy atom. The van der Waals surface area contributed by atoms with Gasteiger partial charge in [0, 0.05) is 19.6 Å². The van der Waals surface area contributed by atoms with Crippen LogP contribution < -0.4 is 5.32 Å². The van der Waals surface area contributed by atoms with E-state index < -0.39 is 5.97 Å². The third kappa shape index (κ3) is 8.05. The molecule has 0 spiro atoms. The summed E-state index contributed by atoms with van der Waals surface area (Å²) in [7, 11) is 0. The van der Waals surface area contributed by atoms with Gasteiger partial charge in [-0.05, 0) is 43.9 Å². The van der Waals surface area contributed by atoms with Crippen molar-refractivity contribution in [2.45, 2.75) is 64.9 Å². The molecule has 0 aromatic carbocycles.